The second kappa shape index (κ2) is 5.07. The molecule has 0 radical (unpaired) electrons. The first kappa shape index (κ1) is 13.6. The summed E-state index contributed by atoms with van der Waals surface area (Å²) in [7, 11) is 3.08. The molecule has 0 aromatic heterocycles. The van der Waals surface area contributed by atoms with Crippen molar-refractivity contribution in [1.29, 1.82) is 0 Å². The van der Waals surface area contributed by atoms with Crippen LogP contribution in [0.15, 0.2) is 18.2 Å². The maximum Gasteiger partial charge on any atom is 0.321 e. The zero-order chi connectivity index (χ0) is 14.0. The number of aliphatic carboxylic acids is 1. The summed E-state index contributed by atoms with van der Waals surface area (Å²) < 4.78 is 15.6. The molecule has 6 heteroatoms. The summed E-state index contributed by atoms with van der Waals surface area (Å²) in [6.07, 6.45) is 0. The van der Waals surface area contributed by atoms with Gasteiger partial charge in [-0.2, -0.15) is 0 Å². The van der Waals surface area contributed by atoms with Gasteiger partial charge in [0.05, 0.1) is 32.8 Å². The highest BCUT2D eigenvalue weighted by atomic mass is 16.5. The molecule has 1 aliphatic heterocycles. The maximum atomic E-state index is 11.2. The Labute approximate surface area is 111 Å². The number of methoxy groups -OCH3 is 2. The molecule has 1 fully saturated rings. The van der Waals surface area contributed by atoms with Gasteiger partial charge in [-0.1, -0.05) is 6.07 Å². The van der Waals surface area contributed by atoms with Gasteiger partial charge < -0.3 is 25.1 Å². The normalized spacial score (nSPS) is 18.3. The fourth-order valence-corrected chi connectivity index (χ4v) is 2.27. The molecular weight excluding hydrogens is 250 g/mol. The first-order valence-corrected chi connectivity index (χ1v) is 5.84. The molecule has 1 aromatic rings. The highest BCUT2D eigenvalue weighted by molar-refractivity contribution is 5.76. The lowest BCUT2D eigenvalue weighted by molar-refractivity contribution is -0.148. The lowest BCUT2D eigenvalue weighted by atomic mass is 9.72. The lowest BCUT2D eigenvalue weighted by Crippen LogP contribution is -2.61. The summed E-state index contributed by atoms with van der Waals surface area (Å²) in [5, 5.41) is 9.16. The molecule has 104 valence electrons. The van der Waals surface area contributed by atoms with Crippen molar-refractivity contribution in [2.75, 3.05) is 27.4 Å². The Kier molecular flexibility index (Phi) is 3.64. The van der Waals surface area contributed by atoms with Gasteiger partial charge in [-0.3, -0.25) is 4.79 Å². The van der Waals surface area contributed by atoms with Crippen molar-refractivity contribution >= 4 is 5.97 Å². The zero-order valence-corrected chi connectivity index (χ0v) is 10.9. The molecule has 1 aromatic carbocycles. The van der Waals surface area contributed by atoms with Gasteiger partial charge in [-0.25, -0.2) is 0 Å². The molecule has 19 heavy (non-hydrogen) atoms. The van der Waals surface area contributed by atoms with Crippen molar-refractivity contribution in [3.8, 4) is 11.5 Å². The highest BCUT2D eigenvalue weighted by Crippen LogP contribution is 2.41. The first-order valence-electron chi connectivity index (χ1n) is 5.84. The van der Waals surface area contributed by atoms with Crippen molar-refractivity contribution in [2.24, 2.45) is 5.73 Å². The Morgan fingerprint density at radius 2 is 2.11 bits per heavy atom. The van der Waals surface area contributed by atoms with Crippen LogP contribution in [0.5, 0.6) is 11.5 Å². The van der Waals surface area contributed by atoms with Crippen LogP contribution < -0.4 is 15.2 Å². The smallest absolute Gasteiger partial charge is 0.321 e. The van der Waals surface area contributed by atoms with Crippen molar-refractivity contribution in [3.05, 3.63) is 23.8 Å². The zero-order valence-electron chi connectivity index (χ0n) is 10.9. The van der Waals surface area contributed by atoms with E-state index in [4.69, 9.17) is 25.1 Å². The fraction of sp³-hybridized carbons (Fsp3) is 0.462. The molecule has 3 N–H and O–H groups in total. The van der Waals surface area contributed by atoms with Gasteiger partial charge in [0.15, 0.2) is 0 Å². The average molecular weight is 267 g/mol. The van der Waals surface area contributed by atoms with Gasteiger partial charge in [0, 0.05) is 11.6 Å². The number of carboxylic acids is 1. The SMILES string of the molecule is COc1ccc(C2(C(N)C(=O)O)COC2)c(OC)c1. The molecule has 6 nitrogen and oxygen atoms in total. The maximum absolute atomic E-state index is 11.2. The van der Waals surface area contributed by atoms with E-state index in [2.05, 4.69) is 0 Å². The van der Waals surface area contributed by atoms with Crippen molar-refractivity contribution < 1.29 is 24.1 Å². The van der Waals surface area contributed by atoms with E-state index in [1.165, 1.54) is 7.11 Å². The third-order valence-corrected chi connectivity index (χ3v) is 3.53. The molecule has 1 unspecified atom stereocenters. The molecule has 0 aliphatic carbocycles. The van der Waals surface area contributed by atoms with Gasteiger partial charge in [0.2, 0.25) is 0 Å². The van der Waals surface area contributed by atoms with Gasteiger partial charge in [-0.15, -0.1) is 0 Å². The third-order valence-electron chi connectivity index (χ3n) is 3.53. The molecule has 0 amide bonds. The second-order valence-corrected chi connectivity index (χ2v) is 4.53. The van der Waals surface area contributed by atoms with Crippen molar-refractivity contribution in [3.63, 3.8) is 0 Å². The molecule has 1 heterocycles. The van der Waals surface area contributed by atoms with E-state index >= 15 is 0 Å². The summed E-state index contributed by atoms with van der Waals surface area (Å²) >= 11 is 0. The van der Waals surface area contributed by atoms with E-state index in [1.807, 2.05) is 0 Å². The van der Waals surface area contributed by atoms with E-state index in [0.717, 1.165) is 5.56 Å². The Bertz CT molecular complexity index is 484. The van der Waals surface area contributed by atoms with E-state index in [0.29, 0.717) is 11.5 Å². The Balaban J connectivity index is 2.46. The number of carbonyl (C=O) groups is 1. The molecule has 0 spiro atoms. The van der Waals surface area contributed by atoms with Crippen LogP contribution in [0.25, 0.3) is 0 Å². The number of benzene rings is 1. The van der Waals surface area contributed by atoms with Gasteiger partial charge >= 0.3 is 5.97 Å². The predicted molar refractivity (Wildman–Crippen MR) is 67.7 cm³/mol. The minimum Gasteiger partial charge on any atom is -0.497 e. The summed E-state index contributed by atoms with van der Waals surface area (Å²) in [6, 6.07) is 4.21. The summed E-state index contributed by atoms with van der Waals surface area (Å²) in [6.45, 7) is 0.534. The number of nitrogens with two attached hydrogens (primary N) is 1. The molecule has 1 atom stereocenters. The summed E-state index contributed by atoms with van der Waals surface area (Å²) in [5.74, 6) is 0.139. The number of hydrogen-bond donors (Lipinski definition) is 2. The van der Waals surface area contributed by atoms with Crippen LogP contribution in [0.4, 0.5) is 0 Å². The average Bonchev–Trinajstić information content (AvgIpc) is 2.37. The van der Waals surface area contributed by atoms with Crippen LogP contribution in [-0.4, -0.2) is 44.6 Å². The lowest BCUT2D eigenvalue weighted by Gasteiger charge is -2.44. The van der Waals surface area contributed by atoms with E-state index < -0.39 is 17.4 Å². The quantitative estimate of drug-likeness (QED) is 0.801. The molecule has 0 saturated carbocycles. The van der Waals surface area contributed by atoms with Crippen LogP contribution in [0.1, 0.15) is 5.56 Å². The van der Waals surface area contributed by atoms with Crippen molar-refractivity contribution in [1.82, 2.24) is 0 Å². The monoisotopic (exact) mass is 267 g/mol. The second-order valence-electron chi connectivity index (χ2n) is 4.53. The number of carboxylic acid groups (broad SMARTS) is 1. The molecule has 1 aliphatic rings. The number of rotatable bonds is 5. The Hall–Kier alpha value is -1.79. The Morgan fingerprint density at radius 3 is 2.53 bits per heavy atom. The largest absolute Gasteiger partial charge is 0.497 e. The van der Waals surface area contributed by atoms with Gasteiger partial charge in [0.25, 0.3) is 0 Å². The highest BCUT2D eigenvalue weighted by Gasteiger charge is 2.50. The van der Waals surface area contributed by atoms with Gasteiger partial charge in [-0.05, 0) is 6.07 Å². The molecular formula is C13H17NO5. The predicted octanol–water partition coefficient (Wildman–Crippen LogP) is 0.384. The summed E-state index contributed by atoms with van der Waals surface area (Å²) in [4.78, 5) is 11.2. The van der Waals surface area contributed by atoms with Crippen LogP contribution in [0, 0.1) is 0 Å². The number of ether oxygens (including phenoxy) is 3. The van der Waals surface area contributed by atoms with Crippen LogP contribution in [0.3, 0.4) is 0 Å². The Morgan fingerprint density at radius 1 is 1.42 bits per heavy atom. The summed E-state index contributed by atoms with van der Waals surface area (Å²) in [5.41, 5.74) is 5.80. The minimum atomic E-state index is -1.05. The standard InChI is InChI=1S/C13H17NO5/c1-17-8-3-4-9(10(5-8)18-2)13(6-19-7-13)11(14)12(15)16/h3-5,11H,6-7,14H2,1-2H3,(H,15,16). The first-order chi connectivity index (χ1) is 9.05. The van der Waals surface area contributed by atoms with E-state index in [1.54, 1.807) is 25.3 Å². The fourth-order valence-electron chi connectivity index (χ4n) is 2.27. The van der Waals surface area contributed by atoms with Crippen LogP contribution >= 0.6 is 0 Å². The van der Waals surface area contributed by atoms with Crippen LogP contribution in [-0.2, 0) is 14.9 Å². The van der Waals surface area contributed by atoms with E-state index in [-0.39, 0.29) is 13.2 Å². The minimum absolute atomic E-state index is 0.267. The van der Waals surface area contributed by atoms with E-state index in [9.17, 15) is 4.79 Å². The van der Waals surface area contributed by atoms with Gasteiger partial charge in [0.1, 0.15) is 17.5 Å². The molecule has 2 rings (SSSR count). The topological polar surface area (TPSA) is 91.0 Å². The molecule has 1 saturated heterocycles. The van der Waals surface area contributed by atoms with Crippen LogP contribution in [0.2, 0.25) is 0 Å². The van der Waals surface area contributed by atoms with Crippen molar-refractivity contribution in [2.45, 2.75) is 11.5 Å². The number of hydrogen-bond acceptors (Lipinski definition) is 5. The molecule has 0 bridgehead atoms. The third kappa shape index (κ3) is 2.13.